The van der Waals surface area contributed by atoms with Crippen LogP contribution in [-0.4, -0.2) is 60.1 Å². The molecule has 1 unspecified atom stereocenters. The van der Waals surface area contributed by atoms with Crippen molar-refractivity contribution in [1.29, 1.82) is 0 Å². The van der Waals surface area contributed by atoms with E-state index in [2.05, 4.69) is 10.3 Å². The molecule has 1 fully saturated rings. The van der Waals surface area contributed by atoms with Gasteiger partial charge in [0, 0.05) is 32.8 Å². The number of ether oxygens (including phenoxy) is 3. The van der Waals surface area contributed by atoms with Gasteiger partial charge < -0.3 is 24.6 Å². The summed E-state index contributed by atoms with van der Waals surface area (Å²) in [5.41, 5.74) is -0.289. The molecule has 1 aliphatic rings. The van der Waals surface area contributed by atoms with Crippen molar-refractivity contribution in [2.75, 3.05) is 34.6 Å². The number of para-hydroxylation sites is 1. The molecule has 0 bridgehead atoms. The fraction of sp³-hybridized carbons (Fsp3) is 0.476. The molecule has 0 spiro atoms. The second-order valence-corrected chi connectivity index (χ2v) is 7.25. The third-order valence-corrected chi connectivity index (χ3v) is 5.40. The van der Waals surface area contributed by atoms with Crippen molar-refractivity contribution < 1.29 is 24.1 Å². The van der Waals surface area contributed by atoms with Crippen molar-refractivity contribution in [3.63, 3.8) is 0 Å². The van der Waals surface area contributed by atoms with E-state index in [0.717, 1.165) is 19.4 Å². The van der Waals surface area contributed by atoms with Crippen molar-refractivity contribution in [2.45, 2.75) is 25.4 Å². The molecule has 1 aliphatic heterocycles. The molecule has 31 heavy (non-hydrogen) atoms. The number of amides is 1. The van der Waals surface area contributed by atoms with Crippen molar-refractivity contribution in [3.05, 3.63) is 45.6 Å². The fourth-order valence-corrected chi connectivity index (χ4v) is 3.85. The van der Waals surface area contributed by atoms with Gasteiger partial charge in [-0.25, -0.2) is 4.98 Å². The summed E-state index contributed by atoms with van der Waals surface area (Å²) in [5, 5.41) is 13.0. The van der Waals surface area contributed by atoms with Gasteiger partial charge in [0.05, 0.1) is 27.0 Å². The van der Waals surface area contributed by atoms with E-state index in [-0.39, 0.29) is 18.3 Å². The number of aromatic nitrogens is 2. The highest BCUT2D eigenvalue weighted by Gasteiger charge is 2.31. The Morgan fingerprint density at radius 2 is 2.06 bits per heavy atom. The Balaban J connectivity index is 1.88. The Morgan fingerprint density at radius 3 is 2.74 bits per heavy atom. The topological polar surface area (TPSA) is 115 Å². The van der Waals surface area contributed by atoms with Crippen LogP contribution in [-0.2, 0) is 18.3 Å². The van der Waals surface area contributed by atoms with Crippen LogP contribution in [0.2, 0.25) is 0 Å². The number of carbonyl (C=O) groups is 1. The molecule has 10 heteroatoms. The Labute approximate surface area is 180 Å². The first-order valence-corrected chi connectivity index (χ1v) is 9.93. The first kappa shape index (κ1) is 22.6. The average Bonchev–Trinajstić information content (AvgIpc) is 3.23. The lowest BCUT2D eigenvalue weighted by molar-refractivity contribution is 0.0510. The number of aromatic hydroxyl groups is 1. The van der Waals surface area contributed by atoms with Crippen LogP contribution in [0, 0.1) is 0 Å². The molecule has 2 N–H and O–H groups in total. The van der Waals surface area contributed by atoms with Gasteiger partial charge in [0.15, 0.2) is 17.2 Å². The monoisotopic (exact) mass is 432 g/mol. The SMILES string of the molecule is COCN1CCCC1c1nc(C(=O)NCc2cccc(OC)c2OC)c(O)c(=O)n1C. The summed E-state index contributed by atoms with van der Waals surface area (Å²) in [7, 11) is 6.18. The Morgan fingerprint density at radius 1 is 1.29 bits per heavy atom. The number of nitrogens with one attached hydrogen (secondary N) is 1. The second kappa shape index (κ2) is 9.80. The molecule has 1 saturated heterocycles. The van der Waals surface area contributed by atoms with Gasteiger partial charge >= 0.3 is 0 Å². The highest BCUT2D eigenvalue weighted by molar-refractivity contribution is 5.94. The van der Waals surface area contributed by atoms with E-state index in [1.54, 1.807) is 25.3 Å². The highest BCUT2D eigenvalue weighted by Crippen LogP contribution is 2.32. The zero-order valence-corrected chi connectivity index (χ0v) is 18.2. The van der Waals surface area contributed by atoms with Crippen LogP contribution >= 0.6 is 0 Å². The molecule has 0 radical (unpaired) electrons. The smallest absolute Gasteiger partial charge is 0.296 e. The van der Waals surface area contributed by atoms with Gasteiger partial charge in [0.1, 0.15) is 5.82 Å². The molecule has 1 aromatic carbocycles. The Hall–Kier alpha value is -3.11. The maximum absolute atomic E-state index is 12.8. The molecule has 168 valence electrons. The van der Waals surface area contributed by atoms with Gasteiger partial charge in [-0.05, 0) is 18.9 Å². The van der Waals surface area contributed by atoms with E-state index < -0.39 is 17.2 Å². The first-order valence-electron chi connectivity index (χ1n) is 9.93. The van der Waals surface area contributed by atoms with E-state index >= 15 is 0 Å². The minimum atomic E-state index is -0.683. The minimum absolute atomic E-state index is 0.101. The number of nitrogens with zero attached hydrogens (tertiary/aromatic N) is 3. The number of carbonyl (C=O) groups excluding carboxylic acids is 1. The first-order chi connectivity index (χ1) is 14.9. The number of likely N-dealkylation sites (tertiary alicyclic amines) is 1. The predicted octanol–water partition coefficient (Wildman–Crippen LogP) is 1.17. The molecule has 1 atom stereocenters. The van der Waals surface area contributed by atoms with Gasteiger partial charge in [0.25, 0.3) is 11.5 Å². The maximum atomic E-state index is 12.8. The Kier molecular flexibility index (Phi) is 7.13. The summed E-state index contributed by atoms with van der Waals surface area (Å²) in [6, 6.07) is 5.13. The number of hydrogen-bond donors (Lipinski definition) is 2. The number of methoxy groups -OCH3 is 3. The second-order valence-electron chi connectivity index (χ2n) is 7.25. The molecule has 10 nitrogen and oxygen atoms in total. The summed E-state index contributed by atoms with van der Waals surface area (Å²) in [4.78, 5) is 31.9. The fourth-order valence-electron chi connectivity index (χ4n) is 3.85. The highest BCUT2D eigenvalue weighted by atomic mass is 16.5. The largest absolute Gasteiger partial charge is 0.501 e. The molecular weight excluding hydrogens is 404 g/mol. The molecule has 3 rings (SSSR count). The van der Waals surface area contributed by atoms with Gasteiger partial charge in [0.2, 0.25) is 5.75 Å². The lowest BCUT2D eigenvalue weighted by Crippen LogP contribution is -2.34. The summed E-state index contributed by atoms with van der Waals surface area (Å²) in [6.45, 7) is 1.29. The zero-order chi connectivity index (χ0) is 22.5. The van der Waals surface area contributed by atoms with Gasteiger partial charge in [-0.1, -0.05) is 12.1 Å². The van der Waals surface area contributed by atoms with Crippen molar-refractivity contribution in [2.24, 2.45) is 7.05 Å². The normalized spacial score (nSPS) is 16.3. The molecule has 1 amide bonds. The van der Waals surface area contributed by atoms with E-state index in [1.807, 2.05) is 4.90 Å². The summed E-state index contributed by atoms with van der Waals surface area (Å²) < 4.78 is 17.2. The number of benzene rings is 1. The zero-order valence-electron chi connectivity index (χ0n) is 18.2. The number of rotatable bonds is 8. The lowest BCUT2D eigenvalue weighted by atomic mass is 10.1. The van der Waals surface area contributed by atoms with Gasteiger partial charge in [-0.15, -0.1) is 0 Å². The third kappa shape index (κ3) is 4.49. The van der Waals surface area contributed by atoms with Gasteiger partial charge in [-0.2, -0.15) is 0 Å². The van der Waals surface area contributed by atoms with Gasteiger partial charge in [-0.3, -0.25) is 19.1 Å². The molecule has 2 heterocycles. The van der Waals surface area contributed by atoms with Crippen LogP contribution in [0.4, 0.5) is 0 Å². The van der Waals surface area contributed by atoms with E-state index in [4.69, 9.17) is 14.2 Å². The molecule has 1 aromatic heterocycles. The van der Waals surface area contributed by atoms with Crippen LogP contribution in [0.15, 0.2) is 23.0 Å². The predicted molar refractivity (Wildman–Crippen MR) is 112 cm³/mol. The van der Waals surface area contributed by atoms with Crippen molar-refractivity contribution in [3.8, 4) is 17.2 Å². The molecular formula is C21H28N4O6. The quantitative estimate of drug-likeness (QED) is 0.639. The molecule has 2 aromatic rings. The van der Waals surface area contributed by atoms with Crippen LogP contribution in [0.5, 0.6) is 17.2 Å². The Bertz CT molecular complexity index is 1010. The van der Waals surface area contributed by atoms with Crippen LogP contribution in [0.3, 0.4) is 0 Å². The van der Waals surface area contributed by atoms with E-state index in [1.165, 1.54) is 25.8 Å². The summed E-state index contributed by atoms with van der Waals surface area (Å²) in [6.07, 6.45) is 1.69. The van der Waals surface area contributed by atoms with E-state index in [0.29, 0.717) is 29.6 Å². The summed E-state index contributed by atoms with van der Waals surface area (Å²) >= 11 is 0. The molecule has 0 saturated carbocycles. The number of hydrogen-bond acceptors (Lipinski definition) is 8. The summed E-state index contributed by atoms with van der Waals surface area (Å²) in [5.74, 6) is 0.107. The standard InChI is InChI=1S/C21H28N4O6/c1-24-19(14-8-6-10-25(14)12-29-2)23-16(17(26)21(24)28)20(27)22-11-13-7-5-9-15(30-3)18(13)31-4/h5,7,9,14,26H,6,8,10-12H2,1-4H3,(H,22,27). The molecule has 0 aliphatic carbocycles. The van der Waals surface area contributed by atoms with Crippen LogP contribution < -0.4 is 20.3 Å². The minimum Gasteiger partial charge on any atom is -0.501 e. The third-order valence-electron chi connectivity index (χ3n) is 5.40. The average molecular weight is 432 g/mol. The van der Waals surface area contributed by atoms with Crippen LogP contribution in [0.1, 0.15) is 40.8 Å². The van der Waals surface area contributed by atoms with Crippen LogP contribution in [0.25, 0.3) is 0 Å². The lowest BCUT2D eigenvalue weighted by Gasteiger charge is -2.24. The van der Waals surface area contributed by atoms with Crippen molar-refractivity contribution in [1.82, 2.24) is 19.8 Å². The van der Waals surface area contributed by atoms with Crippen molar-refractivity contribution >= 4 is 5.91 Å². The van der Waals surface area contributed by atoms with E-state index in [9.17, 15) is 14.7 Å². The maximum Gasteiger partial charge on any atom is 0.296 e.